The third-order valence-corrected chi connectivity index (χ3v) is 5.46. The Hall–Kier alpha value is -3.01. The Morgan fingerprint density at radius 1 is 0.514 bits per heavy atom. The minimum Gasteiger partial charge on any atom is -1.00 e. The van der Waals surface area contributed by atoms with Crippen LogP contribution in [0.1, 0.15) is 11.4 Å². The molecule has 6 heteroatoms. The van der Waals surface area contributed by atoms with E-state index >= 15 is 0 Å². The van der Waals surface area contributed by atoms with Crippen LogP contribution in [0.5, 0.6) is 0 Å². The molecule has 0 saturated carbocycles. The topological polar surface area (TPSA) is 37.6 Å². The molecule has 0 spiro atoms. The molecule has 4 aromatic carbocycles. The second kappa shape index (κ2) is 13.8. The quantitative estimate of drug-likeness (QED) is 0.237. The molecule has 0 unspecified atom stereocenters. The molecule has 0 aliphatic carbocycles. The standard InChI is InChI=1S/C29H23N3.2ClH.Fe/c1-3-14-26-22(8-1)10-5-16-28(26)30-20-18-24-12-7-13-25(32-24)19-21-31-29-17-6-11-23-9-2-4-15-27(23)29;;;/h1-17,20-21H,18-19H2;2*1H;/q;;;+2/p-2. The van der Waals surface area contributed by atoms with Crippen LogP contribution in [0.2, 0.25) is 0 Å². The molecule has 0 bridgehead atoms. The molecule has 1 aromatic heterocycles. The van der Waals surface area contributed by atoms with Crippen molar-refractivity contribution >= 4 is 45.3 Å². The molecule has 0 saturated heterocycles. The second-order valence-electron chi connectivity index (χ2n) is 7.65. The summed E-state index contributed by atoms with van der Waals surface area (Å²) in [5.41, 5.74) is 3.98. The van der Waals surface area contributed by atoms with Crippen LogP contribution in [0.3, 0.4) is 0 Å². The first kappa shape index (κ1) is 28.2. The molecule has 5 rings (SSSR count). The maximum atomic E-state index is 4.78. The van der Waals surface area contributed by atoms with E-state index in [1.165, 1.54) is 10.8 Å². The summed E-state index contributed by atoms with van der Waals surface area (Å²) in [5, 5.41) is 4.73. The number of fused-ring (bicyclic) bond motifs is 2. The number of aromatic nitrogens is 1. The SMILES string of the molecule is C(Cc1cccc(CC=Nc2cccc3ccccc23)n1)=Nc1cccc2ccccc12.[Cl-].[Cl-].[Fe+2]. The van der Waals surface area contributed by atoms with Gasteiger partial charge in [-0.1, -0.05) is 78.9 Å². The summed E-state index contributed by atoms with van der Waals surface area (Å²) >= 11 is 0. The largest absolute Gasteiger partial charge is 2.00 e. The molecule has 0 atom stereocenters. The van der Waals surface area contributed by atoms with Gasteiger partial charge >= 0.3 is 17.1 Å². The number of rotatable bonds is 6. The van der Waals surface area contributed by atoms with Crippen molar-refractivity contribution in [2.45, 2.75) is 12.8 Å². The van der Waals surface area contributed by atoms with E-state index in [2.05, 4.69) is 54.6 Å². The van der Waals surface area contributed by atoms with E-state index < -0.39 is 0 Å². The third kappa shape index (κ3) is 7.00. The van der Waals surface area contributed by atoms with Gasteiger partial charge in [0.2, 0.25) is 0 Å². The summed E-state index contributed by atoms with van der Waals surface area (Å²) in [4.78, 5) is 14.2. The van der Waals surface area contributed by atoms with Crippen molar-refractivity contribution in [2.75, 3.05) is 0 Å². The molecule has 0 amide bonds. The van der Waals surface area contributed by atoms with Gasteiger partial charge in [-0.2, -0.15) is 0 Å². The Kier molecular flexibility index (Phi) is 11.1. The first-order valence-electron chi connectivity index (χ1n) is 10.8. The number of hydrogen-bond acceptors (Lipinski definition) is 3. The first-order chi connectivity index (χ1) is 15.9. The van der Waals surface area contributed by atoms with Crippen molar-refractivity contribution in [3.8, 4) is 0 Å². The van der Waals surface area contributed by atoms with E-state index in [0.717, 1.165) is 33.5 Å². The number of halogens is 2. The fourth-order valence-corrected chi connectivity index (χ4v) is 3.87. The van der Waals surface area contributed by atoms with Gasteiger partial charge in [0.1, 0.15) is 0 Å². The van der Waals surface area contributed by atoms with Crippen LogP contribution >= 0.6 is 0 Å². The molecule has 5 aromatic rings. The van der Waals surface area contributed by atoms with Gasteiger partial charge in [0.15, 0.2) is 0 Å². The van der Waals surface area contributed by atoms with Crippen molar-refractivity contribution in [2.24, 2.45) is 9.98 Å². The van der Waals surface area contributed by atoms with Crippen molar-refractivity contribution < 1.29 is 41.9 Å². The zero-order valence-corrected chi connectivity index (χ0v) is 21.5. The van der Waals surface area contributed by atoms with Gasteiger partial charge in [0, 0.05) is 47.4 Å². The van der Waals surface area contributed by atoms with Crippen molar-refractivity contribution in [3.63, 3.8) is 0 Å². The molecule has 35 heavy (non-hydrogen) atoms. The summed E-state index contributed by atoms with van der Waals surface area (Å²) in [6.07, 6.45) is 5.27. The molecular formula is C29H23Cl2FeN3. The Morgan fingerprint density at radius 2 is 0.914 bits per heavy atom. The fourth-order valence-electron chi connectivity index (χ4n) is 3.87. The molecule has 1 heterocycles. The summed E-state index contributed by atoms with van der Waals surface area (Å²) in [7, 11) is 0. The van der Waals surface area contributed by atoms with Crippen LogP contribution in [0.25, 0.3) is 21.5 Å². The molecule has 0 radical (unpaired) electrons. The molecular weight excluding hydrogens is 517 g/mol. The molecule has 176 valence electrons. The normalized spacial score (nSPS) is 10.7. The van der Waals surface area contributed by atoms with Gasteiger partial charge in [0.25, 0.3) is 0 Å². The molecule has 0 N–H and O–H groups in total. The predicted molar refractivity (Wildman–Crippen MR) is 136 cm³/mol. The van der Waals surface area contributed by atoms with Crippen LogP contribution in [-0.4, -0.2) is 17.4 Å². The Morgan fingerprint density at radius 3 is 1.40 bits per heavy atom. The van der Waals surface area contributed by atoms with Crippen LogP contribution in [0, 0.1) is 0 Å². The zero-order valence-electron chi connectivity index (χ0n) is 18.8. The number of benzene rings is 4. The first-order valence-corrected chi connectivity index (χ1v) is 10.8. The fraction of sp³-hybridized carbons (Fsp3) is 0.0690. The van der Waals surface area contributed by atoms with Crippen molar-refractivity contribution in [3.05, 3.63) is 115 Å². The van der Waals surface area contributed by atoms with E-state index in [9.17, 15) is 0 Å². The van der Waals surface area contributed by atoms with Gasteiger partial charge < -0.3 is 24.8 Å². The maximum Gasteiger partial charge on any atom is 2.00 e. The van der Waals surface area contributed by atoms with E-state index in [1.54, 1.807) is 0 Å². The van der Waals surface area contributed by atoms with Crippen LogP contribution in [-0.2, 0) is 29.9 Å². The maximum absolute atomic E-state index is 4.78. The van der Waals surface area contributed by atoms with E-state index in [-0.39, 0.29) is 41.9 Å². The summed E-state index contributed by atoms with van der Waals surface area (Å²) in [5.74, 6) is 0. The van der Waals surface area contributed by atoms with Crippen LogP contribution < -0.4 is 24.8 Å². The summed E-state index contributed by atoms with van der Waals surface area (Å²) in [6, 6.07) is 35.2. The van der Waals surface area contributed by atoms with E-state index in [0.29, 0.717) is 12.8 Å². The zero-order chi connectivity index (χ0) is 21.6. The Labute approximate surface area is 228 Å². The molecule has 0 aliphatic heterocycles. The predicted octanol–water partition coefficient (Wildman–Crippen LogP) is 1.28. The number of pyridine rings is 1. The third-order valence-electron chi connectivity index (χ3n) is 5.46. The van der Waals surface area contributed by atoms with E-state index in [1.807, 2.05) is 61.0 Å². The summed E-state index contributed by atoms with van der Waals surface area (Å²) in [6.45, 7) is 0. The average Bonchev–Trinajstić information content (AvgIpc) is 2.85. The van der Waals surface area contributed by atoms with E-state index in [4.69, 9.17) is 15.0 Å². The summed E-state index contributed by atoms with van der Waals surface area (Å²) < 4.78 is 0. The van der Waals surface area contributed by atoms with Crippen molar-refractivity contribution in [1.82, 2.24) is 4.98 Å². The monoisotopic (exact) mass is 539 g/mol. The molecule has 0 aliphatic rings. The second-order valence-corrected chi connectivity index (χ2v) is 7.65. The van der Waals surface area contributed by atoms with Gasteiger partial charge in [-0.15, -0.1) is 0 Å². The van der Waals surface area contributed by atoms with Gasteiger partial charge in [-0.25, -0.2) is 0 Å². The number of hydrogen-bond donors (Lipinski definition) is 0. The average molecular weight is 540 g/mol. The molecule has 0 fully saturated rings. The van der Waals surface area contributed by atoms with Crippen LogP contribution in [0.4, 0.5) is 11.4 Å². The Bertz CT molecular complexity index is 1330. The minimum absolute atomic E-state index is 0. The number of nitrogens with zero attached hydrogens (tertiary/aromatic N) is 3. The minimum atomic E-state index is 0. The van der Waals surface area contributed by atoms with Gasteiger partial charge in [0.05, 0.1) is 11.4 Å². The smallest absolute Gasteiger partial charge is 1.00 e. The molecule has 3 nitrogen and oxygen atoms in total. The van der Waals surface area contributed by atoms with Gasteiger partial charge in [-0.3, -0.25) is 15.0 Å². The van der Waals surface area contributed by atoms with Crippen LogP contribution in [0.15, 0.2) is 113 Å². The van der Waals surface area contributed by atoms with Crippen molar-refractivity contribution in [1.29, 1.82) is 0 Å². The Balaban J connectivity index is 0.00000144. The van der Waals surface area contributed by atoms with Gasteiger partial charge in [-0.05, 0) is 35.0 Å². The number of aliphatic imine (C=N–C) groups is 2.